The molecule has 1 aromatic rings. The van der Waals surface area contributed by atoms with E-state index in [1.165, 1.54) is 0 Å². The topological polar surface area (TPSA) is 73.6 Å². The van der Waals surface area contributed by atoms with E-state index >= 15 is 0 Å². The molecule has 1 atom stereocenters. The number of hydrogen-bond donors (Lipinski definition) is 2. The van der Waals surface area contributed by atoms with Crippen molar-refractivity contribution in [3.63, 3.8) is 0 Å². The molecule has 100 valence electrons. The fraction of sp³-hybridized carbons (Fsp3) is 0.417. The fourth-order valence-electron chi connectivity index (χ4n) is 1.51. The van der Waals surface area contributed by atoms with E-state index in [9.17, 15) is 4.79 Å². The molecule has 1 aliphatic heterocycles. The van der Waals surface area contributed by atoms with Crippen molar-refractivity contribution in [1.29, 1.82) is 0 Å². The summed E-state index contributed by atoms with van der Waals surface area (Å²) < 4.78 is 10.4. The van der Waals surface area contributed by atoms with Crippen molar-refractivity contribution in [3.8, 4) is 11.5 Å². The number of carbonyl (C=O) groups is 1. The molecule has 0 bridgehead atoms. The number of halogens is 1. The highest BCUT2D eigenvalue weighted by atomic mass is 35.5. The summed E-state index contributed by atoms with van der Waals surface area (Å²) in [6, 6.07) is 3.35. The van der Waals surface area contributed by atoms with Crippen LogP contribution in [0.3, 0.4) is 0 Å². The predicted molar refractivity (Wildman–Crippen MR) is 72.3 cm³/mol. The number of nitrogen functional groups attached to an aromatic ring is 1. The molecule has 1 heterocycles. The van der Waals surface area contributed by atoms with E-state index < -0.39 is 0 Å². The molecule has 0 saturated heterocycles. The number of benzene rings is 1. The van der Waals surface area contributed by atoms with Crippen LogP contribution < -0.4 is 20.5 Å². The van der Waals surface area contributed by atoms with Gasteiger partial charge in [-0.15, -0.1) is 12.4 Å². The normalized spacial score (nSPS) is 13.7. The number of anilines is 2. The van der Waals surface area contributed by atoms with Gasteiger partial charge >= 0.3 is 0 Å². The van der Waals surface area contributed by atoms with Crippen LogP contribution in [0.25, 0.3) is 0 Å². The summed E-state index contributed by atoms with van der Waals surface area (Å²) in [6.07, 6.45) is 0.788. The molecule has 0 spiro atoms. The minimum Gasteiger partial charge on any atom is -0.454 e. The number of carbonyl (C=O) groups excluding carboxylic acids is 1. The van der Waals surface area contributed by atoms with E-state index in [0.29, 0.717) is 22.9 Å². The van der Waals surface area contributed by atoms with E-state index in [1.54, 1.807) is 12.1 Å². The van der Waals surface area contributed by atoms with Crippen LogP contribution in [0.2, 0.25) is 0 Å². The Labute approximate surface area is 112 Å². The summed E-state index contributed by atoms with van der Waals surface area (Å²) in [4.78, 5) is 11.8. The molecule has 0 fully saturated rings. The number of hydrogen-bond acceptors (Lipinski definition) is 4. The van der Waals surface area contributed by atoms with Crippen LogP contribution in [0.4, 0.5) is 11.4 Å². The lowest BCUT2D eigenvalue weighted by Gasteiger charge is -2.12. The molecule has 0 saturated carbocycles. The first-order chi connectivity index (χ1) is 8.11. The summed E-state index contributed by atoms with van der Waals surface area (Å²) in [6.45, 7) is 4.03. The Morgan fingerprint density at radius 3 is 2.67 bits per heavy atom. The lowest BCUT2D eigenvalue weighted by atomic mass is 10.1. The first kappa shape index (κ1) is 14.4. The number of amides is 1. The van der Waals surface area contributed by atoms with Gasteiger partial charge in [-0.1, -0.05) is 13.8 Å². The number of nitrogens with one attached hydrogen (secondary N) is 1. The Morgan fingerprint density at radius 2 is 2.06 bits per heavy atom. The zero-order valence-corrected chi connectivity index (χ0v) is 11.2. The number of fused-ring (bicyclic) bond motifs is 1. The summed E-state index contributed by atoms with van der Waals surface area (Å²) >= 11 is 0. The lowest BCUT2D eigenvalue weighted by molar-refractivity contribution is -0.119. The van der Waals surface area contributed by atoms with Gasteiger partial charge in [-0.3, -0.25) is 4.79 Å². The minimum atomic E-state index is -0.0435. The van der Waals surface area contributed by atoms with Crippen molar-refractivity contribution in [2.75, 3.05) is 17.8 Å². The van der Waals surface area contributed by atoms with Crippen LogP contribution in [0.5, 0.6) is 11.5 Å². The van der Waals surface area contributed by atoms with Crippen LogP contribution in [-0.2, 0) is 4.79 Å². The summed E-state index contributed by atoms with van der Waals surface area (Å²) in [7, 11) is 0. The van der Waals surface area contributed by atoms with Gasteiger partial charge in [0.1, 0.15) is 0 Å². The Kier molecular flexibility index (Phi) is 4.67. The first-order valence-corrected chi connectivity index (χ1v) is 5.61. The molecule has 2 rings (SSSR count). The molecule has 1 amide bonds. The average molecular weight is 273 g/mol. The van der Waals surface area contributed by atoms with E-state index in [-0.39, 0.29) is 31.0 Å². The molecule has 1 aromatic carbocycles. The number of ether oxygens (including phenoxy) is 2. The highest BCUT2D eigenvalue weighted by molar-refractivity contribution is 5.95. The molecule has 0 radical (unpaired) electrons. The van der Waals surface area contributed by atoms with E-state index in [2.05, 4.69) is 5.32 Å². The van der Waals surface area contributed by atoms with Gasteiger partial charge in [0.25, 0.3) is 0 Å². The first-order valence-electron chi connectivity index (χ1n) is 5.61. The largest absolute Gasteiger partial charge is 0.454 e. The summed E-state index contributed by atoms with van der Waals surface area (Å²) in [5.41, 5.74) is 6.88. The van der Waals surface area contributed by atoms with Crippen LogP contribution in [0.15, 0.2) is 12.1 Å². The third-order valence-corrected chi connectivity index (χ3v) is 2.86. The predicted octanol–water partition coefficient (Wildman–Crippen LogP) is 2.40. The highest BCUT2D eigenvalue weighted by Gasteiger charge is 2.18. The van der Waals surface area contributed by atoms with Crippen molar-refractivity contribution < 1.29 is 14.3 Å². The van der Waals surface area contributed by atoms with Crippen LogP contribution in [0.1, 0.15) is 20.3 Å². The molecular weight excluding hydrogens is 256 g/mol. The molecule has 5 nitrogen and oxygen atoms in total. The van der Waals surface area contributed by atoms with Gasteiger partial charge in [-0.25, -0.2) is 0 Å². The molecular formula is C12H17ClN2O3. The van der Waals surface area contributed by atoms with Crippen molar-refractivity contribution >= 4 is 29.7 Å². The van der Waals surface area contributed by atoms with Gasteiger partial charge in [0.05, 0.1) is 11.4 Å². The van der Waals surface area contributed by atoms with Gasteiger partial charge < -0.3 is 20.5 Å². The van der Waals surface area contributed by atoms with Crippen molar-refractivity contribution in [2.45, 2.75) is 20.3 Å². The zero-order chi connectivity index (χ0) is 12.4. The Morgan fingerprint density at radius 1 is 1.44 bits per heavy atom. The molecule has 1 aliphatic rings. The number of rotatable bonds is 3. The molecule has 3 N–H and O–H groups in total. The minimum absolute atomic E-state index is 0. The standard InChI is InChI=1S/C12H16N2O3.ClH/c1-3-7(2)12(15)14-9-5-11-10(4-8(9)13)16-6-17-11;/h4-5,7H,3,6,13H2,1-2H3,(H,14,15);1H. The van der Waals surface area contributed by atoms with Gasteiger partial charge in [0, 0.05) is 18.1 Å². The van der Waals surface area contributed by atoms with Crippen LogP contribution >= 0.6 is 12.4 Å². The fourth-order valence-corrected chi connectivity index (χ4v) is 1.51. The molecule has 6 heteroatoms. The van der Waals surface area contributed by atoms with Crippen molar-refractivity contribution in [1.82, 2.24) is 0 Å². The average Bonchev–Trinajstić information content (AvgIpc) is 2.75. The lowest BCUT2D eigenvalue weighted by Crippen LogP contribution is -2.20. The highest BCUT2D eigenvalue weighted by Crippen LogP contribution is 2.38. The molecule has 1 unspecified atom stereocenters. The van der Waals surface area contributed by atoms with Gasteiger partial charge in [0.15, 0.2) is 11.5 Å². The maximum absolute atomic E-state index is 11.8. The van der Waals surface area contributed by atoms with Crippen LogP contribution in [0, 0.1) is 5.92 Å². The van der Waals surface area contributed by atoms with Gasteiger partial charge in [-0.05, 0) is 6.42 Å². The monoisotopic (exact) mass is 272 g/mol. The number of nitrogens with two attached hydrogens (primary N) is 1. The van der Waals surface area contributed by atoms with E-state index in [4.69, 9.17) is 15.2 Å². The maximum atomic E-state index is 11.8. The maximum Gasteiger partial charge on any atom is 0.231 e. The second-order valence-electron chi connectivity index (χ2n) is 4.09. The SMILES string of the molecule is CCC(C)C(=O)Nc1cc2c(cc1N)OCO2.Cl. The van der Waals surface area contributed by atoms with Gasteiger partial charge in [-0.2, -0.15) is 0 Å². The quantitative estimate of drug-likeness (QED) is 0.829. The second-order valence-corrected chi connectivity index (χ2v) is 4.09. The third kappa shape index (κ3) is 2.79. The van der Waals surface area contributed by atoms with Crippen molar-refractivity contribution in [3.05, 3.63) is 12.1 Å². The zero-order valence-electron chi connectivity index (χ0n) is 10.4. The van der Waals surface area contributed by atoms with Gasteiger partial charge in [0.2, 0.25) is 12.7 Å². The molecule has 0 aromatic heterocycles. The Bertz CT molecular complexity index is 451. The summed E-state index contributed by atoms with van der Waals surface area (Å²) in [5.74, 6) is 1.14. The van der Waals surface area contributed by atoms with E-state index in [1.807, 2.05) is 13.8 Å². The molecule has 18 heavy (non-hydrogen) atoms. The molecule has 0 aliphatic carbocycles. The van der Waals surface area contributed by atoms with E-state index in [0.717, 1.165) is 6.42 Å². The Hall–Kier alpha value is -1.62. The third-order valence-electron chi connectivity index (χ3n) is 2.86. The van der Waals surface area contributed by atoms with Crippen molar-refractivity contribution in [2.24, 2.45) is 5.92 Å². The Balaban J connectivity index is 0.00000162. The van der Waals surface area contributed by atoms with Crippen LogP contribution in [-0.4, -0.2) is 12.7 Å². The second kappa shape index (κ2) is 5.82. The smallest absolute Gasteiger partial charge is 0.231 e. The summed E-state index contributed by atoms with van der Waals surface area (Å²) in [5, 5.41) is 2.79.